The molecule has 2 atom stereocenters. The predicted molar refractivity (Wildman–Crippen MR) is 106 cm³/mol. The topological polar surface area (TPSA) is 144 Å². The summed E-state index contributed by atoms with van der Waals surface area (Å²) in [7, 11) is 3.42. The summed E-state index contributed by atoms with van der Waals surface area (Å²) in [4.78, 5) is 58.4. The number of nitrogens with zero attached hydrogens (tertiary/aromatic N) is 2. The van der Waals surface area contributed by atoms with Gasteiger partial charge in [-0.3, -0.25) is 33.8 Å². The van der Waals surface area contributed by atoms with Crippen molar-refractivity contribution in [2.75, 3.05) is 14.1 Å². The van der Waals surface area contributed by atoms with Gasteiger partial charge in [0.15, 0.2) is 0 Å². The lowest BCUT2D eigenvalue weighted by Crippen LogP contribution is -2.49. The lowest BCUT2D eigenvalue weighted by Gasteiger charge is -2.23. The average molecular weight is 439 g/mol. The van der Waals surface area contributed by atoms with Crippen LogP contribution in [-0.2, 0) is 30.5 Å². The van der Waals surface area contributed by atoms with E-state index in [2.05, 4.69) is 5.32 Å². The summed E-state index contributed by atoms with van der Waals surface area (Å²) in [6.45, 7) is 1.49. The molecular formula is C20H26FN3O7. The van der Waals surface area contributed by atoms with Gasteiger partial charge in [-0.25, -0.2) is 4.39 Å². The lowest BCUT2D eigenvalue weighted by atomic mass is 10.2. The van der Waals surface area contributed by atoms with Crippen molar-refractivity contribution < 1.29 is 38.6 Å². The fourth-order valence-electron chi connectivity index (χ4n) is 2.75. The second-order valence-corrected chi connectivity index (χ2v) is 7.06. The summed E-state index contributed by atoms with van der Waals surface area (Å²) in [6.07, 6.45) is -0.526. The molecule has 10 nitrogen and oxygen atoms in total. The van der Waals surface area contributed by atoms with Gasteiger partial charge in [0.25, 0.3) is 0 Å². The first-order valence-electron chi connectivity index (χ1n) is 9.42. The minimum Gasteiger partial charge on any atom is -0.481 e. The lowest BCUT2D eigenvalue weighted by molar-refractivity contribution is -0.147. The number of likely N-dealkylation sites (N-methyl/N-ethyl adjacent to an activating group) is 1. The first kappa shape index (κ1) is 25.7. The number of likely N-dealkylation sites (tertiary alicyclic amines) is 1. The number of amides is 3. The van der Waals surface area contributed by atoms with Crippen molar-refractivity contribution in [1.82, 2.24) is 15.1 Å². The summed E-state index contributed by atoms with van der Waals surface area (Å²) in [5.74, 6) is -3.81. The molecule has 3 amide bonds. The molecule has 11 heteroatoms. The second kappa shape index (κ2) is 11.7. The molecular weight excluding hydrogens is 413 g/mol. The number of carbonyl (C=O) groups is 5. The Balaban J connectivity index is 0.000000512. The van der Waals surface area contributed by atoms with Crippen LogP contribution in [0.3, 0.4) is 0 Å². The molecule has 2 rings (SSSR count). The fourth-order valence-corrected chi connectivity index (χ4v) is 2.75. The number of hydrogen-bond donors (Lipinski definition) is 3. The van der Waals surface area contributed by atoms with Crippen LogP contribution in [0.1, 0.15) is 31.7 Å². The quantitative estimate of drug-likeness (QED) is 0.496. The summed E-state index contributed by atoms with van der Waals surface area (Å²) in [5, 5.41) is 18.4. The van der Waals surface area contributed by atoms with E-state index in [1.54, 1.807) is 37.2 Å². The molecule has 1 aromatic carbocycles. The van der Waals surface area contributed by atoms with Crippen LogP contribution in [0.2, 0.25) is 0 Å². The number of carboxylic acid groups (broad SMARTS) is 2. The van der Waals surface area contributed by atoms with Gasteiger partial charge in [0, 0.05) is 12.1 Å². The highest BCUT2D eigenvalue weighted by Gasteiger charge is 2.43. The molecule has 0 saturated carbocycles. The Morgan fingerprint density at radius 1 is 1.16 bits per heavy atom. The van der Waals surface area contributed by atoms with E-state index in [9.17, 15) is 28.4 Å². The average Bonchev–Trinajstić information content (AvgIpc) is 2.99. The van der Waals surface area contributed by atoms with Crippen molar-refractivity contribution in [2.45, 2.75) is 44.8 Å². The van der Waals surface area contributed by atoms with Crippen molar-refractivity contribution in [1.29, 1.82) is 0 Å². The molecule has 1 heterocycles. The number of carbonyl (C=O) groups excluding carboxylic acids is 3. The number of imide groups is 1. The van der Waals surface area contributed by atoms with E-state index < -0.39 is 35.7 Å². The second-order valence-electron chi connectivity index (χ2n) is 7.06. The Labute approximate surface area is 178 Å². The molecule has 3 N–H and O–H groups in total. The molecule has 0 bridgehead atoms. The molecule has 0 spiro atoms. The number of hydrogen-bond acceptors (Lipinski definition) is 6. The van der Waals surface area contributed by atoms with Crippen LogP contribution in [-0.4, -0.2) is 75.9 Å². The van der Waals surface area contributed by atoms with Gasteiger partial charge in [0.05, 0.1) is 25.3 Å². The van der Waals surface area contributed by atoms with E-state index in [-0.39, 0.29) is 37.6 Å². The number of rotatable bonds is 8. The van der Waals surface area contributed by atoms with Gasteiger partial charge in [0.1, 0.15) is 11.9 Å². The van der Waals surface area contributed by atoms with E-state index in [1.807, 2.05) is 0 Å². The zero-order valence-electron chi connectivity index (χ0n) is 17.5. The van der Waals surface area contributed by atoms with Gasteiger partial charge in [0.2, 0.25) is 17.7 Å². The van der Waals surface area contributed by atoms with E-state index in [0.717, 1.165) is 4.90 Å². The minimum atomic E-state index is -1.08. The maximum absolute atomic E-state index is 13.5. The Morgan fingerprint density at radius 2 is 1.71 bits per heavy atom. The maximum Gasteiger partial charge on any atom is 0.303 e. The van der Waals surface area contributed by atoms with Crippen LogP contribution in [0, 0.1) is 5.82 Å². The molecule has 1 aliphatic rings. The third kappa shape index (κ3) is 7.78. The first-order valence-corrected chi connectivity index (χ1v) is 9.42. The SMILES string of the molecule is C[C@H](C(=O)NCc1ccccc1F)N1C(=O)C[C@H](N(C)C)C1=O.O=C(O)CCC(=O)O. The van der Waals surface area contributed by atoms with Gasteiger partial charge in [-0.15, -0.1) is 0 Å². The third-order valence-electron chi connectivity index (χ3n) is 4.51. The van der Waals surface area contributed by atoms with Crippen LogP contribution >= 0.6 is 0 Å². The highest BCUT2D eigenvalue weighted by atomic mass is 19.1. The highest BCUT2D eigenvalue weighted by Crippen LogP contribution is 2.19. The summed E-state index contributed by atoms with van der Waals surface area (Å²) < 4.78 is 13.5. The molecule has 0 aromatic heterocycles. The van der Waals surface area contributed by atoms with Gasteiger partial charge >= 0.3 is 11.9 Å². The Kier molecular flexibility index (Phi) is 9.74. The molecule has 1 aliphatic heterocycles. The monoisotopic (exact) mass is 439 g/mol. The van der Waals surface area contributed by atoms with Crippen LogP contribution in [0.4, 0.5) is 4.39 Å². The largest absolute Gasteiger partial charge is 0.481 e. The van der Waals surface area contributed by atoms with Crippen LogP contribution in [0.5, 0.6) is 0 Å². The smallest absolute Gasteiger partial charge is 0.303 e. The first-order chi connectivity index (χ1) is 14.5. The maximum atomic E-state index is 13.5. The molecule has 1 aromatic rings. The van der Waals surface area contributed by atoms with Gasteiger partial charge in [-0.05, 0) is 27.1 Å². The predicted octanol–water partition coefficient (Wildman–Crippen LogP) is 0.455. The molecule has 1 saturated heterocycles. The van der Waals surface area contributed by atoms with E-state index >= 15 is 0 Å². The summed E-state index contributed by atoms with van der Waals surface area (Å²) >= 11 is 0. The number of halogens is 1. The van der Waals surface area contributed by atoms with E-state index in [4.69, 9.17) is 10.2 Å². The van der Waals surface area contributed by atoms with Crippen molar-refractivity contribution in [2.24, 2.45) is 0 Å². The van der Waals surface area contributed by atoms with Crippen LogP contribution in [0.15, 0.2) is 24.3 Å². The minimum absolute atomic E-state index is 0.00315. The molecule has 170 valence electrons. The third-order valence-corrected chi connectivity index (χ3v) is 4.51. The van der Waals surface area contributed by atoms with Crippen molar-refractivity contribution >= 4 is 29.7 Å². The van der Waals surface area contributed by atoms with Crippen LogP contribution < -0.4 is 5.32 Å². The highest BCUT2D eigenvalue weighted by molar-refractivity contribution is 6.08. The fraction of sp³-hybridized carbons (Fsp3) is 0.450. The number of aliphatic carboxylic acids is 2. The molecule has 31 heavy (non-hydrogen) atoms. The number of nitrogens with one attached hydrogen (secondary N) is 1. The zero-order valence-corrected chi connectivity index (χ0v) is 17.5. The van der Waals surface area contributed by atoms with Crippen LogP contribution in [0.25, 0.3) is 0 Å². The molecule has 0 unspecified atom stereocenters. The zero-order chi connectivity index (χ0) is 23.7. The van der Waals surface area contributed by atoms with Gasteiger partial charge in [-0.1, -0.05) is 18.2 Å². The Morgan fingerprint density at radius 3 is 2.16 bits per heavy atom. The summed E-state index contributed by atoms with van der Waals surface area (Å²) in [6, 6.07) is 4.64. The van der Waals surface area contributed by atoms with E-state index in [0.29, 0.717) is 5.56 Å². The standard InChI is InChI=1S/C16H20FN3O3.C4H6O4/c1-10(20-14(21)8-13(16(20)23)19(2)3)15(22)18-9-11-6-4-5-7-12(11)17;5-3(6)1-2-4(7)8/h4-7,10,13H,8-9H2,1-3H3,(H,18,22);1-2H2,(H,5,6)(H,7,8)/t10-,13+;/m1./s1. The van der Waals surface area contributed by atoms with Gasteiger partial charge < -0.3 is 15.5 Å². The van der Waals surface area contributed by atoms with Gasteiger partial charge in [-0.2, -0.15) is 0 Å². The Hall–Kier alpha value is -3.34. The summed E-state index contributed by atoms with van der Waals surface area (Å²) in [5.41, 5.74) is 0.346. The van der Waals surface area contributed by atoms with Crippen molar-refractivity contribution in [3.63, 3.8) is 0 Å². The number of carboxylic acids is 2. The van der Waals surface area contributed by atoms with Crippen molar-refractivity contribution in [3.8, 4) is 0 Å². The van der Waals surface area contributed by atoms with E-state index in [1.165, 1.54) is 13.0 Å². The molecule has 1 fully saturated rings. The normalized spacial score (nSPS) is 16.5. The molecule has 0 aliphatic carbocycles. The number of benzene rings is 1. The molecule has 0 radical (unpaired) electrons. The van der Waals surface area contributed by atoms with Crippen molar-refractivity contribution in [3.05, 3.63) is 35.6 Å². The Bertz CT molecular complexity index is 830.